The maximum absolute atomic E-state index is 8.40. The van der Waals surface area contributed by atoms with Crippen LogP contribution in [-0.4, -0.2) is 37.2 Å². The summed E-state index contributed by atoms with van der Waals surface area (Å²) in [5.41, 5.74) is 0. The van der Waals surface area contributed by atoms with Gasteiger partial charge >= 0.3 is 0 Å². The third-order valence-electron chi connectivity index (χ3n) is 2.69. The van der Waals surface area contributed by atoms with Crippen LogP contribution in [0, 0.1) is 11.3 Å². The number of morpholine rings is 1. The van der Waals surface area contributed by atoms with E-state index in [1.165, 1.54) is 0 Å². The second-order valence-electron chi connectivity index (χ2n) is 3.82. The van der Waals surface area contributed by atoms with E-state index in [0.29, 0.717) is 12.5 Å². The average molecular weight is 196 g/mol. The summed E-state index contributed by atoms with van der Waals surface area (Å²) in [6, 6.07) is 2.18. The quantitative estimate of drug-likeness (QED) is 0.629. The molecule has 1 rings (SSSR count). The summed E-state index contributed by atoms with van der Waals surface area (Å²) < 4.78 is 5.59. The van der Waals surface area contributed by atoms with Gasteiger partial charge in [-0.05, 0) is 25.8 Å². The summed E-state index contributed by atoms with van der Waals surface area (Å²) in [5, 5.41) is 8.40. The Labute approximate surface area is 86.6 Å². The van der Waals surface area contributed by atoms with Crippen molar-refractivity contribution in [3.05, 3.63) is 0 Å². The van der Waals surface area contributed by atoms with E-state index in [0.717, 1.165) is 45.5 Å². The molecule has 1 saturated heterocycles. The summed E-state index contributed by atoms with van der Waals surface area (Å²) in [6.07, 6.45) is 4.41. The van der Waals surface area contributed by atoms with Crippen molar-refractivity contribution in [1.29, 1.82) is 5.26 Å². The Kier molecular flexibility index (Phi) is 5.58. The van der Waals surface area contributed by atoms with Crippen molar-refractivity contribution in [1.82, 2.24) is 4.90 Å². The first-order chi connectivity index (χ1) is 6.86. The lowest BCUT2D eigenvalue weighted by atomic mass is 10.2. The number of hydrogen-bond acceptors (Lipinski definition) is 3. The van der Waals surface area contributed by atoms with E-state index in [4.69, 9.17) is 10.00 Å². The van der Waals surface area contributed by atoms with Crippen LogP contribution >= 0.6 is 0 Å². The number of rotatable bonds is 5. The molecular formula is C11H20N2O. The topological polar surface area (TPSA) is 36.3 Å². The highest BCUT2D eigenvalue weighted by Crippen LogP contribution is 2.09. The highest BCUT2D eigenvalue weighted by atomic mass is 16.5. The molecule has 0 aromatic carbocycles. The highest BCUT2D eigenvalue weighted by molar-refractivity contribution is 4.72. The standard InChI is InChI=1S/C11H20N2O/c1-2-11-10-13(8-9-14-11)7-5-3-4-6-12/h11H,2-5,7-10H2,1H3. The summed E-state index contributed by atoms with van der Waals surface area (Å²) in [5.74, 6) is 0. The fourth-order valence-corrected chi connectivity index (χ4v) is 1.77. The molecular weight excluding hydrogens is 176 g/mol. The molecule has 1 heterocycles. The molecule has 80 valence electrons. The molecule has 0 saturated carbocycles. The fourth-order valence-electron chi connectivity index (χ4n) is 1.77. The first-order valence-electron chi connectivity index (χ1n) is 5.57. The van der Waals surface area contributed by atoms with Gasteiger partial charge in [0.15, 0.2) is 0 Å². The molecule has 3 heteroatoms. The Morgan fingerprint density at radius 2 is 2.36 bits per heavy atom. The van der Waals surface area contributed by atoms with Gasteiger partial charge in [-0.15, -0.1) is 0 Å². The SMILES string of the molecule is CCC1CN(CCCCC#N)CCO1. The molecule has 1 atom stereocenters. The third-order valence-corrected chi connectivity index (χ3v) is 2.69. The highest BCUT2D eigenvalue weighted by Gasteiger charge is 2.17. The monoisotopic (exact) mass is 196 g/mol. The molecule has 0 aliphatic carbocycles. The summed E-state index contributed by atoms with van der Waals surface area (Å²) in [4.78, 5) is 2.45. The van der Waals surface area contributed by atoms with E-state index in [2.05, 4.69) is 17.9 Å². The molecule has 0 spiro atoms. The first kappa shape index (κ1) is 11.5. The Morgan fingerprint density at radius 1 is 1.50 bits per heavy atom. The zero-order valence-corrected chi connectivity index (χ0v) is 9.04. The van der Waals surface area contributed by atoms with Gasteiger partial charge in [0.05, 0.1) is 18.8 Å². The third kappa shape index (κ3) is 4.08. The van der Waals surface area contributed by atoms with Crippen LogP contribution in [0.2, 0.25) is 0 Å². The van der Waals surface area contributed by atoms with Crippen LogP contribution in [0.3, 0.4) is 0 Å². The van der Waals surface area contributed by atoms with Gasteiger partial charge in [-0.3, -0.25) is 4.90 Å². The molecule has 0 bridgehead atoms. The van der Waals surface area contributed by atoms with Crippen molar-refractivity contribution >= 4 is 0 Å². The van der Waals surface area contributed by atoms with Gasteiger partial charge in [0.2, 0.25) is 0 Å². The number of ether oxygens (including phenoxy) is 1. The van der Waals surface area contributed by atoms with Crippen molar-refractivity contribution in [3.63, 3.8) is 0 Å². The minimum absolute atomic E-state index is 0.430. The van der Waals surface area contributed by atoms with Crippen molar-refractivity contribution in [2.24, 2.45) is 0 Å². The van der Waals surface area contributed by atoms with Crippen molar-refractivity contribution in [2.75, 3.05) is 26.2 Å². The van der Waals surface area contributed by atoms with Crippen molar-refractivity contribution < 1.29 is 4.74 Å². The second kappa shape index (κ2) is 6.80. The van der Waals surface area contributed by atoms with Crippen LogP contribution in [0.15, 0.2) is 0 Å². The molecule has 0 N–H and O–H groups in total. The summed E-state index contributed by atoms with van der Waals surface area (Å²) in [7, 11) is 0. The van der Waals surface area contributed by atoms with Crippen LogP contribution in [0.25, 0.3) is 0 Å². The minimum atomic E-state index is 0.430. The number of unbranched alkanes of at least 4 members (excludes halogenated alkanes) is 2. The molecule has 14 heavy (non-hydrogen) atoms. The molecule has 1 fully saturated rings. The van der Waals surface area contributed by atoms with Gasteiger partial charge in [0.1, 0.15) is 0 Å². The molecule has 1 aliphatic rings. The zero-order chi connectivity index (χ0) is 10.2. The van der Waals surface area contributed by atoms with E-state index in [1.54, 1.807) is 0 Å². The van der Waals surface area contributed by atoms with E-state index < -0.39 is 0 Å². The summed E-state index contributed by atoms with van der Waals surface area (Å²) >= 11 is 0. The molecule has 0 amide bonds. The van der Waals surface area contributed by atoms with Crippen LogP contribution < -0.4 is 0 Å². The predicted molar refractivity (Wildman–Crippen MR) is 55.9 cm³/mol. The lowest BCUT2D eigenvalue weighted by molar-refractivity contribution is -0.0299. The second-order valence-corrected chi connectivity index (χ2v) is 3.82. The van der Waals surface area contributed by atoms with Crippen LogP contribution in [0.1, 0.15) is 32.6 Å². The van der Waals surface area contributed by atoms with Gasteiger partial charge in [-0.25, -0.2) is 0 Å². The smallest absolute Gasteiger partial charge is 0.0700 e. The largest absolute Gasteiger partial charge is 0.376 e. The Morgan fingerprint density at radius 3 is 3.07 bits per heavy atom. The molecule has 1 aliphatic heterocycles. The van der Waals surface area contributed by atoms with Crippen molar-refractivity contribution in [3.8, 4) is 6.07 Å². The maximum Gasteiger partial charge on any atom is 0.0700 e. The fraction of sp³-hybridized carbons (Fsp3) is 0.909. The number of hydrogen-bond donors (Lipinski definition) is 0. The van der Waals surface area contributed by atoms with E-state index in [1.807, 2.05) is 0 Å². The van der Waals surface area contributed by atoms with Gasteiger partial charge in [0, 0.05) is 19.5 Å². The van der Waals surface area contributed by atoms with E-state index in [-0.39, 0.29) is 0 Å². The molecule has 3 nitrogen and oxygen atoms in total. The van der Waals surface area contributed by atoms with Crippen LogP contribution in [-0.2, 0) is 4.74 Å². The maximum atomic E-state index is 8.40. The van der Waals surface area contributed by atoms with Gasteiger partial charge in [-0.1, -0.05) is 6.92 Å². The Hall–Kier alpha value is -0.590. The Balaban J connectivity index is 2.08. The lowest BCUT2D eigenvalue weighted by Crippen LogP contribution is -2.42. The average Bonchev–Trinajstić information content (AvgIpc) is 2.25. The van der Waals surface area contributed by atoms with E-state index in [9.17, 15) is 0 Å². The normalized spacial score (nSPS) is 23.3. The minimum Gasteiger partial charge on any atom is -0.376 e. The molecule has 0 aromatic rings. The Bertz CT molecular complexity index is 188. The van der Waals surface area contributed by atoms with Gasteiger partial charge < -0.3 is 4.74 Å². The van der Waals surface area contributed by atoms with Crippen molar-refractivity contribution in [2.45, 2.75) is 38.7 Å². The molecule has 0 aromatic heterocycles. The lowest BCUT2D eigenvalue weighted by Gasteiger charge is -2.32. The van der Waals surface area contributed by atoms with Crippen LogP contribution in [0.5, 0.6) is 0 Å². The van der Waals surface area contributed by atoms with Gasteiger partial charge in [0.25, 0.3) is 0 Å². The first-order valence-corrected chi connectivity index (χ1v) is 5.57. The summed E-state index contributed by atoms with van der Waals surface area (Å²) in [6.45, 7) is 6.30. The molecule has 0 radical (unpaired) electrons. The van der Waals surface area contributed by atoms with Gasteiger partial charge in [-0.2, -0.15) is 5.26 Å². The van der Waals surface area contributed by atoms with E-state index >= 15 is 0 Å². The zero-order valence-electron chi connectivity index (χ0n) is 9.04. The number of nitriles is 1. The molecule has 1 unspecified atom stereocenters. The van der Waals surface area contributed by atoms with Crippen LogP contribution in [0.4, 0.5) is 0 Å². The predicted octanol–water partition coefficient (Wildman–Crippen LogP) is 1.79. The number of nitrogens with zero attached hydrogens (tertiary/aromatic N) is 2.